The highest BCUT2D eigenvalue weighted by Crippen LogP contribution is 2.46. The molecule has 6 atom stereocenters. The number of likely N-dealkylation sites (tertiary alicyclic amines) is 1. The third-order valence-electron chi connectivity index (χ3n) is 16.8. The highest BCUT2D eigenvalue weighted by molar-refractivity contribution is 6.13. The average Bonchev–Trinajstić information content (AvgIpc) is 1.56. The molecule has 2 aliphatic carbocycles. The Labute approximate surface area is 502 Å². The fourth-order valence-electron chi connectivity index (χ4n) is 11.9. The van der Waals surface area contributed by atoms with Crippen LogP contribution in [0.2, 0.25) is 0 Å². The van der Waals surface area contributed by atoms with E-state index in [1.54, 1.807) is 50.2 Å². The quantitative estimate of drug-likeness (QED) is 0.0135. The zero-order chi connectivity index (χ0) is 62.6. The molecule has 0 spiro atoms. The van der Waals surface area contributed by atoms with Gasteiger partial charge in [-0.1, -0.05) is 37.3 Å². The monoisotopic (exact) mass is 1210 g/mol. The summed E-state index contributed by atoms with van der Waals surface area (Å²) in [6, 6.07) is 8.74. The molecule has 0 bridgehead atoms. The van der Waals surface area contributed by atoms with Gasteiger partial charge in [0.1, 0.15) is 24.5 Å². The van der Waals surface area contributed by atoms with Crippen molar-refractivity contribution in [3.63, 3.8) is 0 Å². The molecule has 4 aromatic rings. The van der Waals surface area contributed by atoms with Crippen LogP contribution in [0.1, 0.15) is 90.4 Å². The Morgan fingerprint density at radius 2 is 1.56 bits per heavy atom. The van der Waals surface area contributed by atoms with Crippen LogP contribution in [0.4, 0.5) is 4.39 Å². The van der Waals surface area contributed by atoms with Crippen molar-refractivity contribution in [3.05, 3.63) is 110 Å². The Balaban J connectivity index is 0.657. The number of pyridine rings is 2. The number of amides is 10. The van der Waals surface area contributed by atoms with E-state index in [-0.39, 0.29) is 88.5 Å². The molecule has 4 aliphatic heterocycles. The molecule has 2 fully saturated rings. The van der Waals surface area contributed by atoms with Crippen molar-refractivity contribution >= 4 is 75.9 Å². The molecule has 464 valence electrons. The molecule has 6 heterocycles. The van der Waals surface area contributed by atoms with E-state index in [4.69, 9.17) is 14.5 Å². The Kier molecular flexibility index (Phi) is 18.5. The third-order valence-corrected chi connectivity index (χ3v) is 16.8. The number of cyclic esters (lactones) is 1. The van der Waals surface area contributed by atoms with Gasteiger partial charge in [0.25, 0.3) is 17.4 Å². The average molecular weight is 1220 g/mol. The number of imide groups is 1. The van der Waals surface area contributed by atoms with E-state index >= 15 is 4.39 Å². The summed E-state index contributed by atoms with van der Waals surface area (Å²) >= 11 is 0. The number of benzene rings is 2. The normalized spacial score (nSPS) is 20.5. The number of fused-ring (bicyclic) bond motifs is 5. The second-order valence-electron chi connectivity index (χ2n) is 22.4. The molecule has 10 amide bonds. The number of hydrogen-bond acceptors (Lipinski definition) is 17. The molecule has 6 aliphatic rings. The van der Waals surface area contributed by atoms with E-state index in [0.29, 0.717) is 71.1 Å². The fourth-order valence-corrected chi connectivity index (χ4v) is 11.9. The van der Waals surface area contributed by atoms with Crippen LogP contribution in [0.5, 0.6) is 0 Å². The third kappa shape index (κ3) is 13.2. The number of carbonyl (C=O) groups excluding carboxylic acids is 11. The van der Waals surface area contributed by atoms with Crippen LogP contribution in [-0.4, -0.2) is 167 Å². The molecule has 2 aromatic carbocycles. The number of hydrogen-bond donors (Lipinski definition) is 9. The van der Waals surface area contributed by atoms with Crippen molar-refractivity contribution in [2.24, 2.45) is 5.92 Å². The fraction of sp³-hybridized carbons (Fsp3) is 0.450. The van der Waals surface area contributed by atoms with Crippen LogP contribution >= 0.6 is 0 Å². The van der Waals surface area contributed by atoms with Crippen LogP contribution < -0.4 is 48.1 Å². The van der Waals surface area contributed by atoms with E-state index in [2.05, 4.69) is 42.5 Å². The van der Waals surface area contributed by atoms with Crippen LogP contribution in [-0.2, 0) is 93.8 Å². The lowest BCUT2D eigenvalue weighted by molar-refractivity contribution is -0.172. The summed E-state index contributed by atoms with van der Waals surface area (Å²) in [6.45, 7) is 1.23. The predicted molar refractivity (Wildman–Crippen MR) is 307 cm³/mol. The Hall–Kier alpha value is -9.28. The highest BCUT2D eigenvalue weighted by Gasteiger charge is 2.47. The molecule has 2 aromatic heterocycles. The van der Waals surface area contributed by atoms with Crippen molar-refractivity contribution < 1.29 is 71.7 Å². The van der Waals surface area contributed by atoms with Gasteiger partial charge in [0.2, 0.25) is 47.3 Å². The molecule has 88 heavy (non-hydrogen) atoms. The van der Waals surface area contributed by atoms with Gasteiger partial charge in [0, 0.05) is 60.2 Å². The second-order valence-corrected chi connectivity index (χ2v) is 22.4. The number of carbonyl (C=O) groups is 11. The maximum absolute atomic E-state index is 15.5. The van der Waals surface area contributed by atoms with E-state index < -0.39 is 126 Å². The van der Waals surface area contributed by atoms with Crippen molar-refractivity contribution in [1.29, 1.82) is 0 Å². The van der Waals surface area contributed by atoms with E-state index in [1.165, 1.54) is 15.5 Å². The van der Waals surface area contributed by atoms with E-state index in [0.717, 1.165) is 28.2 Å². The molecular formula is C60H67FN12O15. The first-order chi connectivity index (χ1) is 42.2. The van der Waals surface area contributed by atoms with Crippen molar-refractivity contribution in [1.82, 2.24) is 61.9 Å². The van der Waals surface area contributed by atoms with Crippen LogP contribution in [0.25, 0.3) is 22.3 Å². The molecule has 28 heteroatoms. The largest absolute Gasteiger partial charge is 0.458 e. The lowest BCUT2D eigenvalue weighted by Crippen LogP contribution is -2.53. The standard InChI is InChI=1S/C60H67FN12O15/c1-3-60(86)37-22-44-54-35(28-73(44)58(84)36(37)29-88-59(60)85)53-39(12-11-33-31(2)38(61)23-41(69-54)52(33)53)70-55(81)34-21-40(34)66-30-67-57(83)43-10-7-16-71(43)51(80)27-64-47(76)25-65-56(82)42(20-32-8-5-4-6-9-32)68-48(77)26-63-46(75)24-62-45(74)15-18-87-19-17-72-49(78)13-14-50(72)79/h4-6,8-9,13-14,22-23,34,39-40,42-43,66,86H,3,7,10-12,15-21,24-30H2,1-2H3,(H,62,74)(H,63,75)(H,64,76)(H,65,82)(H,67,83)(H,68,77)(H,70,81)/t34?,39-,40?,42-,43-,60-/m0/s1. The van der Waals surface area contributed by atoms with E-state index in [1.807, 2.05) is 0 Å². The zero-order valence-electron chi connectivity index (χ0n) is 48.3. The van der Waals surface area contributed by atoms with Crippen molar-refractivity contribution in [2.45, 2.75) is 108 Å². The number of ether oxygens (including phenoxy) is 2. The Morgan fingerprint density at radius 1 is 0.841 bits per heavy atom. The first kappa shape index (κ1) is 61.8. The van der Waals surface area contributed by atoms with Gasteiger partial charge in [-0.2, -0.15) is 0 Å². The van der Waals surface area contributed by atoms with Gasteiger partial charge >= 0.3 is 5.97 Å². The lowest BCUT2D eigenvalue weighted by Gasteiger charge is -2.31. The van der Waals surface area contributed by atoms with Gasteiger partial charge in [0.05, 0.1) is 93.6 Å². The summed E-state index contributed by atoms with van der Waals surface area (Å²) in [5, 5.41) is 33.6. The predicted octanol–water partition coefficient (Wildman–Crippen LogP) is -1.80. The summed E-state index contributed by atoms with van der Waals surface area (Å²) in [5.74, 6) is -7.36. The minimum absolute atomic E-state index is 0.0100. The summed E-state index contributed by atoms with van der Waals surface area (Å²) in [7, 11) is 0. The molecule has 0 radical (unpaired) electrons. The molecule has 2 unspecified atom stereocenters. The topological polar surface area (TPSA) is 364 Å². The number of esters is 1. The number of aromatic nitrogens is 2. The summed E-state index contributed by atoms with van der Waals surface area (Å²) in [4.78, 5) is 162. The Morgan fingerprint density at radius 3 is 2.31 bits per heavy atom. The molecular weight excluding hydrogens is 1150 g/mol. The molecule has 1 saturated carbocycles. The first-order valence-corrected chi connectivity index (χ1v) is 29.2. The Bertz CT molecular complexity index is 3630. The highest BCUT2D eigenvalue weighted by atomic mass is 19.1. The van der Waals surface area contributed by atoms with Gasteiger partial charge in [-0.3, -0.25) is 63.0 Å². The SMILES string of the molecule is CC[C@@]1(O)C(=O)OCc2c1cc1n(c2=O)Cc2c-1nc1cc(F)c(C)c3c1c2[C@@H](NC(=O)C1CC1NCNC(=O)[C@@H]1CCCN1C(=O)CNC(=O)CNC(=O)[C@H](Cc1ccccc1)NC(=O)CNC(=O)CNC(=O)CCOCCN1C(=O)C=CC1=O)CC3. The van der Waals surface area contributed by atoms with Crippen molar-refractivity contribution in [3.8, 4) is 11.4 Å². The van der Waals surface area contributed by atoms with E-state index in [9.17, 15) is 62.6 Å². The number of nitrogens with one attached hydrogen (secondary N) is 8. The molecule has 9 N–H and O–H groups in total. The smallest absolute Gasteiger partial charge is 0.343 e. The number of nitrogens with zero attached hydrogens (tertiary/aromatic N) is 4. The van der Waals surface area contributed by atoms with Crippen LogP contribution in [0.15, 0.2) is 59.4 Å². The van der Waals surface area contributed by atoms with Gasteiger partial charge < -0.3 is 61.3 Å². The first-order valence-electron chi connectivity index (χ1n) is 29.2. The van der Waals surface area contributed by atoms with Crippen LogP contribution in [0.3, 0.4) is 0 Å². The number of aliphatic hydroxyl groups is 1. The van der Waals surface area contributed by atoms with Gasteiger partial charge in [-0.25, -0.2) is 14.2 Å². The summed E-state index contributed by atoms with van der Waals surface area (Å²) in [5.41, 5.74) is 2.18. The van der Waals surface area contributed by atoms with Gasteiger partial charge in [-0.05, 0) is 73.8 Å². The zero-order valence-corrected chi connectivity index (χ0v) is 48.3. The maximum Gasteiger partial charge on any atom is 0.343 e. The minimum atomic E-state index is -2.04. The van der Waals surface area contributed by atoms with Gasteiger partial charge in [-0.15, -0.1) is 0 Å². The van der Waals surface area contributed by atoms with Gasteiger partial charge in [0.15, 0.2) is 5.60 Å². The minimum Gasteiger partial charge on any atom is -0.458 e. The summed E-state index contributed by atoms with van der Waals surface area (Å²) < 4.78 is 27.5. The molecule has 27 nitrogen and oxygen atoms in total. The number of rotatable bonds is 25. The maximum atomic E-state index is 15.5. The number of aryl methyl sites for hydroxylation is 1. The molecule has 10 rings (SSSR count). The second kappa shape index (κ2) is 26.4. The molecule has 1 saturated heterocycles. The lowest BCUT2D eigenvalue weighted by atomic mass is 9.81. The number of halogens is 1. The van der Waals surface area contributed by atoms with Crippen LogP contribution in [0, 0.1) is 18.7 Å². The summed E-state index contributed by atoms with van der Waals surface area (Å²) in [6.07, 6.45) is 4.36. The van der Waals surface area contributed by atoms with Crippen molar-refractivity contribution in [2.75, 3.05) is 59.2 Å².